The van der Waals surface area contributed by atoms with Crippen molar-refractivity contribution in [3.63, 3.8) is 0 Å². The van der Waals surface area contributed by atoms with Gasteiger partial charge in [0, 0.05) is 60.6 Å². The van der Waals surface area contributed by atoms with Gasteiger partial charge in [0.2, 0.25) is 0 Å². The monoisotopic (exact) mass is 558 g/mol. The third kappa shape index (κ3) is 6.34. The molecule has 0 saturated heterocycles. The fraction of sp³-hybridized carbons (Fsp3) is 0.438. The first-order chi connectivity index (χ1) is 19.1. The van der Waals surface area contributed by atoms with Gasteiger partial charge in [-0.3, -0.25) is 4.98 Å². The predicted molar refractivity (Wildman–Crippen MR) is 165 cm³/mol. The molecule has 212 valence electrons. The van der Waals surface area contributed by atoms with Crippen LogP contribution in [0.5, 0.6) is 11.5 Å². The molecule has 0 N–H and O–H groups in total. The number of ether oxygens (including phenoxy) is 2. The zero-order valence-corrected chi connectivity index (χ0v) is 25.9. The maximum absolute atomic E-state index is 6.37. The van der Waals surface area contributed by atoms with E-state index in [1.807, 2.05) is 12.3 Å². The van der Waals surface area contributed by atoms with E-state index in [1.165, 1.54) is 12.8 Å². The highest BCUT2D eigenvalue weighted by molar-refractivity contribution is 6.74. The fourth-order valence-corrected chi connectivity index (χ4v) is 5.56. The van der Waals surface area contributed by atoms with Crippen LogP contribution in [0, 0.1) is 5.92 Å². The molecule has 0 unspecified atom stereocenters. The quantitative estimate of drug-likeness (QED) is 0.176. The summed E-state index contributed by atoms with van der Waals surface area (Å²) < 4.78 is 19.7. The summed E-state index contributed by atoms with van der Waals surface area (Å²) >= 11 is 0. The van der Waals surface area contributed by atoms with Crippen molar-refractivity contribution < 1.29 is 13.9 Å². The van der Waals surface area contributed by atoms with Gasteiger partial charge in [0.1, 0.15) is 11.5 Å². The highest BCUT2D eigenvalue weighted by Gasteiger charge is 2.36. The number of rotatable bonds is 11. The van der Waals surface area contributed by atoms with Crippen molar-refractivity contribution >= 4 is 30.7 Å². The van der Waals surface area contributed by atoms with Crippen LogP contribution >= 0.6 is 0 Å². The van der Waals surface area contributed by atoms with E-state index >= 15 is 0 Å². The van der Waals surface area contributed by atoms with Gasteiger partial charge < -0.3 is 23.4 Å². The minimum absolute atomic E-state index is 0.210. The number of methoxy groups -OCH3 is 2. The van der Waals surface area contributed by atoms with Gasteiger partial charge in [0.05, 0.1) is 43.8 Å². The Bertz CT molecular complexity index is 1450. The van der Waals surface area contributed by atoms with Crippen LogP contribution in [0.15, 0.2) is 61.1 Å². The van der Waals surface area contributed by atoms with Crippen LogP contribution < -0.4 is 14.4 Å². The summed E-state index contributed by atoms with van der Waals surface area (Å²) in [6.45, 7) is 13.9. The first kappa shape index (κ1) is 28.2. The molecule has 8 heteroatoms. The highest BCUT2D eigenvalue weighted by atomic mass is 28.4. The molecule has 0 bridgehead atoms. The van der Waals surface area contributed by atoms with Crippen LogP contribution in [-0.2, 0) is 11.0 Å². The van der Waals surface area contributed by atoms with Gasteiger partial charge in [0.25, 0.3) is 0 Å². The Morgan fingerprint density at radius 3 is 2.33 bits per heavy atom. The van der Waals surface area contributed by atoms with E-state index in [0.29, 0.717) is 12.5 Å². The molecule has 1 aliphatic carbocycles. The van der Waals surface area contributed by atoms with Crippen molar-refractivity contribution in [2.24, 2.45) is 5.92 Å². The molecule has 1 aliphatic rings. The number of hydrogen-bond acceptors (Lipinski definition) is 6. The Morgan fingerprint density at radius 1 is 0.950 bits per heavy atom. The molecule has 1 fully saturated rings. The average molecular weight is 559 g/mol. The lowest BCUT2D eigenvalue weighted by molar-refractivity contribution is 0.272. The SMILES string of the molecule is COc1cc(OC)cc(N(CC2CC2)c2ccc3ncc(-c4ccn(CCO[Si](C)(C)C(C)(C)C)c4)nc3c2)c1. The van der Waals surface area contributed by atoms with Crippen molar-refractivity contribution in [1.82, 2.24) is 14.5 Å². The van der Waals surface area contributed by atoms with Gasteiger partial charge in [-0.05, 0) is 61.2 Å². The van der Waals surface area contributed by atoms with Crippen molar-refractivity contribution in [3.8, 4) is 22.8 Å². The van der Waals surface area contributed by atoms with E-state index in [1.54, 1.807) is 14.2 Å². The van der Waals surface area contributed by atoms with Crippen LogP contribution in [0.4, 0.5) is 11.4 Å². The Labute approximate surface area is 239 Å². The summed E-state index contributed by atoms with van der Waals surface area (Å²) in [6.07, 6.45) is 8.61. The van der Waals surface area contributed by atoms with Gasteiger partial charge in [0.15, 0.2) is 8.32 Å². The van der Waals surface area contributed by atoms with Crippen molar-refractivity contribution in [3.05, 3.63) is 61.1 Å². The molecule has 2 heterocycles. The summed E-state index contributed by atoms with van der Waals surface area (Å²) in [5.41, 5.74) is 5.80. The van der Waals surface area contributed by atoms with Gasteiger partial charge >= 0.3 is 0 Å². The average Bonchev–Trinajstić information content (AvgIpc) is 3.64. The molecule has 7 nitrogen and oxygen atoms in total. The molecule has 0 spiro atoms. The van der Waals surface area contributed by atoms with E-state index in [-0.39, 0.29) is 5.04 Å². The number of fused-ring (bicyclic) bond motifs is 1. The van der Waals surface area contributed by atoms with Crippen LogP contribution in [0.2, 0.25) is 18.1 Å². The van der Waals surface area contributed by atoms with Gasteiger partial charge in [-0.1, -0.05) is 20.8 Å². The molecule has 0 aliphatic heterocycles. The predicted octanol–water partition coefficient (Wildman–Crippen LogP) is 7.69. The van der Waals surface area contributed by atoms with Gasteiger partial charge in [-0.15, -0.1) is 0 Å². The van der Waals surface area contributed by atoms with Crippen LogP contribution in [-0.4, -0.2) is 50.2 Å². The molecule has 0 amide bonds. The minimum atomic E-state index is -1.76. The molecule has 2 aromatic heterocycles. The van der Waals surface area contributed by atoms with Crippen LogP contribution in [0.3, 0.4) is 0 Å². The first-order valence-corrected chi connectivity index (χ1v) is 17.0. The second kappa shape index (κ2) is 11.3. The summed E-state index contributed by atoms with van der Waals surface area (Å²) in [5.74, 6) is 2.24. The molecule has 4 aromatic rings. The molecule has 40 heavy (non-hydrogen) atoms. The van der Waals surface area contributed by atoms with Crippen LogP contribution in [0.25, 0.3) is 22.3 Å². The smallest absolute Gasteiger partial charge is 0.192 e. The first-order valence-electron chi connectivity index (χ1n) is 14.1. The summed E-state index contributed by atoms with van der Waals surface area (Å²) in [7, 11) is 1.62. The molecular weight excluding hydrogens is 516 g/mol. The number of benzene rings is 2. The molecule has 0 radical (unpaired) electrons. The zero-order chi connectivity index (χ0) is 28.5. The second-order valence-corrected chi connectivity index (χ2v) is 17.1. The summed E-state index contributed by atoms with van der Waals surface area (Å²) in [6, 6.07) is 14.5. The number of nitrogens with zero attached hydrogens (tertiary/aromatic N) is 4. The maximum atomic E-state index is 6.37. The Morgan fingerprint density at radius 2 is 1.68 bits per heavy atom. The van der Waals surface area contributed by atoms with Crippen molar-refractivity contribution in [2.75, 3.05) is 32.3 Å². The van der Waals surface area contributed by atoms with Gasteiger partial charge in [-0.25, -0.2) is 4.98 Å². The summed E-state index contributed by atoms with van der Waals surface area (Å²) in [4.78, 5) is 12.1. The summed E-state index contributed by atoms with van der Waals surface area (Å²) in [5, 5.41) is 0.210. The molecule has 2 aromatic carbocycles. The molecule has 1 saturated carbocycles. The lowest BCUT2D eigenvalue weighted by atomic mass is 10.1. The van der Waals surface area contributed by atoms with E-state index in [4.69, 9.17) is 23.9 Å². The largest absolute Gasteiger partial charge is 0.497 e. The normalized spacial score (nSPS) is 14.0. The van der Waals surface area contributed by atoms with E-state index in [9.17, 15) is 0 Å². The second-order valence-electron chi connectivity index (χ2n) is 12.3. The Hall–Kier alpha value is -3.36. The molecular formula is C32H42N4O3Si. The molecule has 0 atom stereocenters. The highest BCUT2D eigenvalue weighted by Crippen LogP contribution is 2.39. The minimum Gasteiger partial charge on any atom is -0.497 e. The lowest BCUT2D eigenvalue weighted by Crippen LogP contribution is -2.41. The fourth-order valence-electron chi connectivity index (χ4n) is 4.53. The third-order valence-electron chi connectivity index (χ3n) is 8.29. The van der Waals surface area contributed by atoms with Crippen LogP contribution in [0.1, 0.15) is 33.6 Å². The number of aromatic nitrogens is 3. The van der Waals surface area contributed by atoms with Crippen molar-refractivity contribution in [1.29, 1.82) is 0 Å². The number of hydrogen-bond donors (Lipinski definition) is 0. The molecule has 5 rings (SSSR count). The zero-order valence-electron chi connectivity index (χ0n) is 24.9. The Kier molecular flexibility index (Phi) is 7.93. The van der Waals surface area contributed by atoms with E-state index < -0.39 is 8.32 Å². The van der Waals surface area contributed by atoms with E-state index in [0.717, 1.165) is 58.3 Å². The standard InChI is InChI=1S/C32H42N4O3Si/c1-32(2,3)40(6,7)39-15-14-35-13-12-24(22-35)31-20-33-29-11-10-25(18-30(29)34-31)36(21-23-8-9-23)26-16-27(37-4)19-28(17-26)38-5/h10-13,16-20,22-23H,8-9,14-15,21H2,1-7H3. The third-order valence-corrected chi connectivity index (χ3v) is 12.8. The van der Waals surface area contributed by atoms with Gasteiger partial charge in [-0.2, -0.15) is 0 Å². The number of anilines is 2. The maximum Gasteiger partial charge on any atom is 0.192 e. The topological polar surface area (TPSA) is 61.6 Å². The van der Waals surface area contributed by atoms with Crippen molar-refractivity contribution in [2.45, 2.75) is 58.3 Å². The lowest BCUT2D eigenvalue weighted by Gasteiger charge is -2.36. The Balaban J connectivity index is 1.39. The van der Waals surface area contributed by atoms with E-state index in [2.05, 4.69) is 92.1 Å².